The third-order valence-electron chi connectivity index (χ3n) is 3.27. The summed E-state index contributed by atoms with van der Waals surface area (Å²) in [6.07, 6.45) is 1.87. The molecular formula is C17H18N4O2. The van der Waals surface area contributed by atoms with Crippen molar-refractivity contribution in [1.82, 2.24) is 14.9 Å². The fourth-order valence-electron chi connectivity index (χ4n) is 2.22. The Labute approximate surface area is 134 Å². The van der Waals surface area contributed by atoms with Crippen molar-refractivity contribution in [2.75, 3.05) is 11.9 Å². The van der Waals surface area contributed by atoms with Gasteiger partial charge >= 0.3 is 6.03 Å². The normalized spacial score (nSPS) is 10.5. The lowest BCUT2D eigenvalue weighted by Crippen LogP contribution is -2.28. The van der Waals surface area contributed by atoms with Gasteiger partial charge in [-0.3, -0.25) is 0 Å². The highest BCUT2D eigenvalue weighted by atomic mass is 16.5. The molecule has 2 N–H and O–H groups in total. The quantitative estimate of drug-likeness (QED) is 0.761. The summed E-state index contributed by atoms with van der Waals surface area (Å²) in [5, 5.41) is 9.95. The van der Waals surface area contributed by atoms with Crippen LogP contribution >= 0.6 is 0 Å². The maximum absolute atomic E-state index is 11.9. The second kappa shape index (κ2) is 6.83. The molecule has 0 radical (unpaired) electrons. The van der Waals surface area contributed by atoms with E-state index in [1.807, 2.05) is 49.5 Å². The minimum atomic E-state index is -0.272. The van der Waals surface area contributed by atoms with E-state index >= 15 is 0 Å². The zero-order chi connectivity index (χ0) is 16.1. The minimum absolute atomic E-state index is 0.272. The Morgan fingerprint density at radius 2 is 2.04 bits per heavy atom. The van der Waals surface area contributed by atoms with E-state index in [2.05, 4.69) is 15.7 Å². The Balaban J connectivity index is 1.54. The molecule has 0 saturated carbocycles. The second-order valence-corrected chi connectivity index (χ2v) is 4.97. The number of anilines is 1. The lowest BCUT2D eigenvalue weighted by molar-refractivity contribution is 0.251. The summed E-state index contributed by atoms with van der Waals surface area (Å²) >= 11 is 0. The number of aromatic nitrogens is 2. The number of amides is 2. The van der Waals surface area contributed by atoms with Crippen molar-refractivity contribution in [1.29, 1.82) is 0 Å². The van der Waals surface area contributed by atoms with Gasteiger partial charge < -0.3 is 15.4 Å². The summed E-state index contributed by atoms with van der Waals surface area (Å²) in [4.78, 5) is 11.9. The third-order valence-corrected chi connectivity index (χ3v) is 3.27. The summed E-state index contributed by atoms with van der Waals surface area (Å²) in [6, 6.07) is 14.7. The van der Waals surface area contributed by atoms with Crippen LogP contribution in [0.1, 0.15) is 12.6 Å². The lowest BCUT2D eigenvalue weighted by Gasteiger charge is -2.07. The first-order valence-electron chi connectivity index (χ1n) is 7.45. The summed E-state index contributed by atoms with van der Waals surface area (Å²) < 4.78 is 7.14. The predicted octanol–water partition coefficient (Wildman–Crippen LogP) is 3.05. The van der Waals surface area contributed by atoms with Crippen LogP contribution in [0, 0.1) is 0 Å². The van der Waals surface area contributed by atoms with Gasteiger partial charge in [-0.2, -0.15) is 5.10 Å². The molecule has 0 aliphatic rings. The maximum Gasteiger partial charge on any atom is 0.319 e. The largest absolute Gasteiger partial charge is 0.494 e. The van der Waals surface area contributed by atoms with Gasteiger partial charge in [-0.25, -0.2) is 9.31 Å². The highest BCUT2D eigenvalue weighted by Gasteiger charge is 2.05. The maximum atomic E-state index is 11.9. The number of fused-ring (bicyclic) bond motifs is 1. The van der Waals surface area contributed by atoms with Gasteiger partial charge in [0, 0.05) is 11.9 Å². The Kier molecular flexibility index (Phi) is 4.42. The summed E-state index contributed by atoms with van der Waals surface area (Å²) in [5.41, 5.74) is 2.51. The first-order valence-corrected chi connectivity index (χ1v) is 7.45. The Morgan fingerprint density at radius 1 is 1.22 bits per heavy atom. The highest BCUT2D eigenvalue weighted by Crippen LogP contribution is 2.15. The molecular weight excluding hydrogens is 292 g/mol. The molecule has 1 aromatic carbocycles. The third kappa shape index (κ3) is 3.79. The van der Waals surface area contributed by atoms with Crippen molar-refractivity contribution in [3.8, 4) is 5.75 Å². The number of carbonyl (C=O) groups is 1. The van der Waals surface area contributed by atoms with Crippen LogP contribution in [0.4, 0.5) is 10.5 Å². The topological polar surface area (TPSA) is 67.7 Å². The van der Waals surface area contributed by atoms with Crippen molar-refractivity contribution in [3.63, 3.8) is 0 Å². The van der Waals surface area contributed by atoms with Gasteiger partial charge in [0.15, 0.2) is 0 Å². The SMILES string of the molecule is CCOc1ccc(NC(=O)NCc2cc3ccccn3n2)cc1. The lowest BCUT2D eigenvalue weighted by atomic mass is 10.3. The molecule has 6 heteroatoms. The van der Waals surface area contributed by atoms with E-state index in [-0.39, 0.29) is 6.03 Å². The molecule has 23 heavy (non-hydrogen) atoms. The van der Waals surface area contributed by atoms with Crippen molar-refractivity contribution in [2.24, 2.45) is 0 Å². The Morgan fingerprint density at radius 3 is 2.78 bits per heavy atom. The number of ether oxygens (including phenoxy) is 1. The van der Waals surface area contributed by atoms with Gasteiger partial charge in [-0.15, -0.1) is 0 Å². The molecule has 6 nitrogen and oxygen atoms in total. The molecule has 3 aromatic rings. The van der Waals surface area contributed by atoms with Crippen LogP contribution in [0.2, 0.25) is 0 Å². The summed E-state index contributed by atoms with van der Waals surface area (Å²) in [5.74, 6) is 0.781. The van der Waals surface area contributed by atoms with Crippen LogP contribution in [0.25, 0.3) is 5.52 Å². The zero-order valence-electron chi connectivity index (χ0n) is 12.8. The van der Waals surface area contributed by atoms with Gasteiger partial charge in [-0.05, 0) is 49.4 Å². The van der Waals surface area contributed by atoms with Gasteiger partial charge in [0.2, 0.25) is 0 Å². The van der Waals surface area contributed by atoms with Crippen molar-refractivity contribution >= 4 is 17.2 Å². The molecule has 0 unspecified atom stereocenters. The first-order chi connectivity index (χ1) is 11.2. The van der Waals surface area contributed by atoms with Crippen molar-refractivity contribution in [3.05, 3.63) is 60.4 Å². The predicted molar refractivity (Wildman–Crippen MR) is 88.7 cm³/mol. The van der Waals surface area contributed by atoms with Gasteiger partial charge in [0.1, 0.15) is 5.75 Å². The molecule has 0 bridgehead atoms. The van der Waals surface area contributed by atoms with Crippen molar-refractivity contribution in [2.45, 2.75) is 13.5 Å². The number of hydrogen-bond acceptors (Lipinski definition) is 3. The molecule has 2 amide bonds. The minimum Gasteiger partial charge on any atom is -0.494 e. The zero-order valence-corrected chi connectivity index (χ0v) is 12.8. The molecule has 0 aliphatic carbocycles. The fourth-order valence-corrected chi connectivity index (χ4v) is 2.22. The number of urea groups is 1. The number of pyridine rings is 1. The molecule has 0 fully saturated rings. The standard InChI is InChI=1S/C17H18N4O2/c1-2-23-16-8-6-13(7-9-16)19-17(22)18-12-14-11-15-5-3-4-10-21(15)20-14/h3-11H,2,12H2,1H3,(H2,18,19,22). The van der Waals surface area contributed by atoms with E-state index in [0.717, 1.165) is 17.0 Å². The Hall–Kier alpha value is -3.02. The fraction of sp³-hybridized carbons (Fsp3) is 0.176. The molecule has 0 spiro atoms. The first kappa shape index (κ1) is 14.9. The molecule has 0 atom stereocenters. The molecule has 0 aliphatic heterocycles. The smallest absolute Gasteiger partial charge is 0.319 e. The van der Waals surface area contributed by atoms with Crippen LogP contribution in [-0.4, -0.2) is 22.3 Å². The van der Waals surface area contributed by atoms with E-state index in [9.17, 15) is 4.79 Å². The number of carbonyl (C=O) groups excluding carboxylic acids is 1. The summed E-state index contributed by atoms with van der Waals surface area (Å²) in [6.45, 7) is 2.91. The highest BCUT2D eigenvalue weighted by molar-refractivity contribution is 5.89. The molecule has 2 heterocycles. The van der Waals surface area contributed by atoms with E-state index in [1.165, 1.54) is 0 Å². The molecule has 3 rings (SSSR count). The monoisotopic (exact) mass is 310 g/mol. The average molecular weight is 310 g/mol. The van der Waals surface area contributed by atoms with Crippen LogP contribution in [0.15, 0.2) is 54.7 Å². The van der Waals surface area contributed by atoms with E-state index < -0.39 is 0 Å². The van der Waals surface area contributed by atoms with E-state index in [1.54, 1.807) is 16.6 Å². The van der Waals surface area contributed by atoms with Crippen LogP contribution in [0.5, 0.6) is 5.75 Å². The number of nitrogens with zero attached hydrogens (tertiary/aromatic N) is 2. The van der Waals surface area contributed by atoms with Crippen LogP contribution < -0.4 is 15.4 Å². The van der Waals surface area contributed by atoms with E-state index in [0.29, 0.717) is 18.8 Å². The number of hydrogen-bond donors (Lipinski definition) is 2. The van der Waals surface area contributed by atoms with Gasteiger partial charge in [0.25, 0.3) is 0 Å². The van der Waals surface area contributed by atoms with Gasteiger partial charge in [0.05, 0.1) is 24.4 Å². The Bertz CT molecular complexity index is 763. The summed E-state index contributed by atoms with van der Waals surface area (Å²) in [7, 11) is 0. The number of benzene rings is 1. The molecule has 118 valence electrons. The number of rotatable bonds is 5. The van der Waals surface area contributed by atoms with Gasteiger partial charge in [-0.1, -0.05) is 6.07 Å². The molecule has 2 aromatic heterocycles. The van der Waals surface area contributed by atoms with Crippen LogP contribution in [0.3, 0.4) is 0 Å². The molecule has 0 saturated heterocycles. The average Bonchev–Trinajstić information content (AvgIpc) is 2.98. The second-order valence-electron chi connectivity index (χ2n) is 4.97. The number of nitrogens with one attached hydrogen (secondary N) is 2. The van der Waals surface area contributed by atoms with Crippen molar-refractivity contribution < 1.29 is 9.53 Å². The van der Waals surface area contributed by atoms with E-state index in [4.69, 9.17) is 4.74 Å². The van der Waals surface area contributed by atoms with Crippen LogP contribution in [-0.2, 0) is 6.54 Å².